The Morgan fingerprint density at radius 3 is 2.17 bits per heavy atom. The SMILES string of the molecule is CCOC(=O)c1nc2sc3sc(C(=O)OCC)c(-c4ccccc4)c3c(-c3ccc(Cl)cc3)c-2c1N. The van der Waals surface area contributed by atoms with Gasteiger partial charge in [-0.15, -0.1) is 22.7 Å². The average molecular weight is 537 g/mol. The number of carbonyl (C=O) groups excluding carboxylic acids is 2. The van der Waals surface area contributed by atoms with Crippen LogP contribution < -0.4 is 5.73 Å². The van der Waals surface area contributed by atoms with Crippen molar-refractivity contribution in [1.82, 2.24) is 4.98 Å². The Kier molecular flexibility index (Phi) is 6.66. The van der Waals surface area contributed by atoms with Crippen LogP contribution in [0.3, 0.4) is 0 Å². The molecule has 0 aliphatic carbocycles. The van der Waals surface area contributed by atoms with Crippen molar-refractivity contribution in [2.24, 2.45) is 0 Å². The first-order valence-electron chi connectivity index (χ1n) is 11.3. The van der Waals surface area contributed by atoms with E-state index in [4.69, 9.17) is 26.8 Å². The molecule has 9 heteroatoms. The van der Waals surface area contributed by atoms with Crippen molar-refractivity contribution in [3.8, 4) is 32.8 Å². The first kappa shape index (κ1) is 24.2. The van der Waals surface area contributed by atoms with Crippen LogP contribution in [0.2, 0.25) is 5.02 Å². The van der Waals surface area contributed by atoms with Crippen LogP contribution >= 0.6 is 34.3 Å². The molecule has 1 aromatic heterocycles. The molecule has 0 fully saturated rings. The molecule has 182 valence electrons. The summed E-state index contributed by atoms with van der Waals surface area (Å²) in [6, 6.07) is 17.1. The molecule has 2 N–H and O–H groups in total. The second-order valence-corrected chi connectivity index (χ2v) is 10.5. The maximum atomic E-state index is 13.1. The molecule has 3 heterocycles. The summed E-state index contributed by atoms with van der Waals surface area (Å²) in [5, 5.41) is 2.03. The molecule has 0 spiro atoms. The Labute approximate surface area is 220 Å². The van der Waals surface area contributed by atoms with E-state index in [0.29, 0.717) is 20.5 Å². The number of anilines is 1. The number of nitrogens with two attached hydrogens (primary N) is 1. The Hall–Kier alpha value is -3.46. The number of hydrogen-bond donors (Lipinski definition) is 1. The van der Waals surface area contributed by atoms with E-state index in [0.717, 1.165) is 31.7 Å². The molecule has 2 aliphatic heterocycles. The molecule has 0 unspecified atom stereocenters. The van der Waals surface area contributed by atoms with E-state index in [2.05, 4.69) is 4.98 Å². The Balaban J connectivity index is 1.95. The molecular weight excluding hydrogens is 516 g/mol. The number of aromatic nitrogens is 1. The quantitative estimate of drug-likeness (QED) is 0.227. The second kappa shape index (κ2) is 9.89. The van der Waals surface area contributed by atoms with Crippen molar-refractivity contribution < 1.29 is 19.1 Å². The van der Waals surface area contributed by atoms with Gasteiger partial charge in [-0.3, -0.25) is 0 Å². The standard InChI is InChI=1S/C27H21ClN2O4S2/c1-3-33-25(31)22-21(29)20-17(15-10-12-16(28)13-11-15)19-18(14-8-6-5-7-9-14)23(26(32)34-4-2)35-27(19)36-24(20)30-22/h5-13H,3-4,29H2,1-2H3. The summed E-state index contributed by atoms with van der Waals surface area (Å²) in [7, 11) is 0. The highest BCUT2D eigenvalue weighted by Crippen LogP contribution is 2.53. The largest absolute Gasteiger partial charge is 0.462 e. The molecule has 6 nitrogen and oxygen atoms in total. The molecule has 0 atom stereocenters. The number of carbonyl (C=O) groups is 2. The van der Waals surface area contributed by atoms with Gasteiger partial charge in [-0.25, -0.2) is 14.6 Å². The Morgan fingerprint density at radius 2 is 1.50 bits per heavy atom. The topological polar surface area (TPSA) is 91.5 Å². The molecule has 0 saturated heterocycles. The van der Waals surface area contributed by atoms with Crippen molar-refractivity contribution >= 4 is 61.3 Å². The Morgan fingerprint density at radius 1 is 0.861 bits per heavy atom. The smallest absolute Gasteiger partial charge is 0.359 e. The monoisotopic (exact) mass is 536 g/mol. The maximum Gasteiger partial charge on any atom is 0.359 e. The third-order valence-electron chi connectivity index (χ3n) is 5.64. The molecule has 2 aliphatic rings. The van der Waals surface area contributed by atoms with E-state index >= 15 is 0 Å². The highest BCUT2D eigenvalue weighted by Gasteiger charge is 2.32. The number of nitrogen functional groups attached to an aromatic ring is 1. The van der Waals surface area contributed by atoms with Crippen LogP contribution in [-0.4, -0.2) is 30.1 Å². The molecular formula is C27H21ClN2O4S2. The predicted molar refractivity (Wildman–Crippen MR) is 146 cm³/mol. The van der Waals surface area contributed by atoms with Crippen LogP contribution in [-0.2, 0) is 9.47 Å². The second-order valence-electron chi connectivity index (χ2n) is 7.81. The highest BCUT2D eigenvalue weighted by molar-refractivity contribution is 7.40. The number of fused-ring (bicyclic) bond motifs is 2. The summed E-state index contributed by atoms with van der Waals surface area (Å²) in [5.74, 6) is -0.959. The van der Waals surface area contributed by atoms with Crippen molar-refractivity contribution in [2.45, 2.75) is 13.8 Å². The van der Waals surface area contributed by atoms with Crippen LogP contribution in [0.4, 0.5) is 5.69 Å². The summed E-state index contributed by atoms with van der Waals surface area (Å²) in [4.78, 5) is 30.8. The van der Waals surface area contributed by atoms with Crippen LogP contribution in [0, 0.1) is 0 Å². The summed E-state index contributed by atoms with van der Waals surface area (Å²) in [5.41, 5.74) is 10.8. The van der Waals surface area contributed by atoms with Crippen molar-refractivity contribution in [1.29, 1.82) is 0 Å². The van der Waals surface area contributed by atoms with Gasteiger partial charge in [-0.1, -0.05) is 54.1 Å². The van der Waals surface area contributed by atoms with Gasteiger partial charge in [0.1, 0.15) is 9.88 Å². The minimum absolute atomic E-state index is 0.0860. The lowest BCUT2D eigenvalue weighted by Gasteiger charge is -2.13. The summed E-state index contributed by atoms with van der Waals surface area (Å²) < 4.78 is 11.5. The molecule has 2 aromatic carbocycles. The minimum atomic E-state index is -0.570. The van der Waals surface area contributed by atoms with Gasteiger partial charge in [0.15, 0.2) is 5.69 Å². The number of nitrogens with zero attached hydrogens (tertiary/aromatic N) is 1. The number of hydrogen-bond acceptors (Lipinski definition) is 8. The lowest BCUT2D eigenvalue weighted by molar-refractivity contribution is 0.0516. The number of thiophene rings is 1. The number of benzene rings is 2. The van der Waals surface area contributed by atoms with E-state index in [9.17, 15) is 9.59 Å². The Bertz CT molecular complexity index is 1560. The third-order valence-corrected chi connectivity index (χ3v) is 8.24. The van der Waals surface area contributed by atoms with Crippen LogP contribution in [0.5, 0.6) is 0 Å². The van der Waals surface area contributed by atoms with Crippen LogP contribution in [0.25, 0.3) is 42.2 Å². The van der Waals surface area contributed by atoms with Gasteiger partial charge in [0.2, 0.25) is 0 Å². The number of rotatable bonds is 6. The first-order valence-corrected chi connectivity index (χ1v) is 13.3. The summed E-state index contributed by atoms with van der Waals surface area (Å²) in [6.45, 7) is 3.99. The van der Waals surface area contributed by atoms with E-state index in [-0.39, 0.29) is 30.6 Å². The van der Waals surface area contributed by atoms with Gasteiger partial charge in [0.05, 0.1) is 22.9 Å². The minimum Gasteiger partial charge on any atom is -0.462 e. The molecule has 0 radical (unpaired) electrons. The van der Waals surface area contributed by atoms with Gasteiger partial charge in [0.25, 0.3) is 0 Å². The molecule has 0 saturated carbocycles. The predicted octanol–water partition coefficient (Wildman–Crippen LogP) is 7.39. The molecule has 36 heavy (non-hydrogen) atoms. The molecule has 3 aromatic rings. The lowest BCUT2D eigenvalue weighted by atomic mass is 9.93. The molecule has 0 amide bonds. The van der Waals surface area contributed by atoms with Crippen molar-refractivity contribution in [2.75, 3.05) is 18.9 Å². The summed E-state index contributed by atoms with van der Waals surface area (Å²) in [6.07, 6.45) is 0. The molecule has 5 rings (SSSR count). The molecule has 0 bridgehead atoms. The number of ether oxygens (including phenoxy) is 2. The van der Waals surface area contributed by atoms with Gasteiger partial charge in [-0.2, -0.15) is 0 Å². The fourth-order valence-electron chi connectivity index (χ4n) is 4.17. The zero-order valence-electron chi connectivity index (χ0n) is 19.5. The van der Waals surface area contributed by atoms with Crippen molar-refractivity contribution in [3.05, 3.63) is 70.2 Å². The van der Waals surface area contributed by atoms with Crippen LogP contribution in [0.1, 0.15) is 34.0 Å². The number of halogens is 1. The van der Waals surface area contributed by atoms with Crippen LogP contribution in [0.15, 0.2) is 54.6 Å². The summed E-state index contributed by atoms with van der Waals surface area (Å²) >= 11 is 8.93. The van der Waals surface area contributed by atoms with Gasteiger partial charge < -0.3 is 15.2 Å². The van der Waals surface area contributed by atoms with Crippen molar-refractivity contribution in [3.63, 3.8) is 0 Å². The average Bonchev–Trinajstić information content (AvgIpc) is 3.42. The zero-order chi connectivity index (χ0) is 25.4. The van der Waals surface area contributed by atoms with E-state index in [1.54, 1.807) is 26.0 Å². The van der Waals surface area contributed by atoms with Gasteiger partial charge >= 0.3 is 11.9 Å². The zero-order valence-corrected chi connectivity index (χ0v) is 21.9. The number of esters is 2. The normalized spacial score (nSPS) is 11.2. The highest BCUT2D eigenvalue weighted by atomic mass is 35.5. The maximum absolute atomic E-state index is 13.1. The van der Waals surface area contributed by atoms with Gasteiger partial charge in [0, 0.05) is 27.1 Å². The third kappa shape index (κ3) is 4.11. The fourth-order valence-corrected chi connectivity index (χ4v) is 6.84. The fraction of sp³-hybridized carbons (Fsp3) is 0.148. The lowest BCUT2D eigenvalue weighted by Crippen LogP contribution is -2.07. The van der Waals surface area contributed by atoms with Gasteiger partial charge in [-0.05, 0) is 37.1 Å². The van der Waals surface area contributed by atoms with E-state index < -0.39 is 5.97 Å². The van der Waals surface area contributed by atoms with E-state index in [1.807, 2.05) is 42.5 Å². The first-order chi connectivity index (χ1) is 17.4. The van der Waals surface area contributed by atoms with E-state index in [1.165, 1.54) is 22.7 Å².